The van der Waals surface area contributed by atoms with Gasteiger partial charge in [-0.1, -0.05) is 239 Å². The van der Waals surface area contributed by atoms with E-state index >= 15 is 0 Å². The van der Waals surface area contributed by atoms with Crippen LogP contribution in [0.3, 0.4) is 0 Å². The predicted octanol–water partition coefficient (Wildman–Crippen LogP) is 31.2. The summed E-state index contributed by atoms with van der Waals surface area (Å²) in [5.74, 6) is 2.61. The summed E-state index contributed by atoms with van der Waals surface area (Å²) in [6, 6.07) is 116. The van der Waals surface area contributed by atoms with Crippen LogP contribution in [0, 0.1) is 114 Å². The minimum absolute atomic E-state index is 0. The van der Waals surface area contributed by atoms with Crippen molar-refractivity contribution in [2.75, 3.05) is 0 Å². The summed E-state index contributed by atoms with van der Waals surface area (Å²) in [6.45, 7) is 35.1. The first-order chi connectivity index (χ1) is 63.5. The average molecular weight is 2510 g/mol. The number of pyridine rings is 6. The van der Waals surface area contributed by atoms with Crippen molar-refractivity contribution in [3.63, 3.8) is 0 Å². The van der Waals surface area contributed by atoms with Gasteiger partial charge in [-0.2, -0.15) is 0 Å². The second kappa shape index (κ2) is 58.6. The van der Waals surface area contributed by atoms with Crippen LogP contribution in [-0.2, 0) is 96.4 Å². The molecule has 0 spiro atoms. The van der Waals surface area contributed by atoms with Crippen molar-refractivity contribution in [2.45, 2.75) is 150 Å². The molecule has 17 aromatic rings. The van der Waals surface area contributed by atoms with E-state index in [1.165, 1.54) is 78.7 Å². The number of fused-ring (bicyclic) bond motifs is 4. The molecule has 7 aromatic heterocycles. The van der Waals surface area contributed by atoms with Crippen LogP contribution in [0.2, 0.25) is 0 Å². The van der Waals surface area contributed by atoms with E-state index in [-0.39, 0.29) is 104 Å². The molecule has 708 valence electrons. The summed E-state index contributed by atoms with van der Waals surface area (Å²) < 4.78 is 5.79. The van der Waals surface area contributed by atoms with Gasteiger partial charge in [0.2, 0.25) is 0 Å². The first-order valence-electron chi connectivity index (χ1n) is 45.3. The maximum absolute atomic E-state index is 11.2. The Kier molecular flexibility index (Phi) is 48.6. The summed E-state index contributed by atoms with van der Waals surface area (Å²) in [7, 11) is 0. The summed E-state index contributed by atoms with van der Waals surface area (Å²) in [5.41, 5.74) is 29.7. The number of hydrogen-bond acceptors (Lipinski definition) is 11. The number of ketones is 2. The van der Waals surface area contributed by atoms with Gasteiger partial charge in [0.25, 0.3) is 0 Å². The zero-order chi connectivity index (χ0) is 94.4. The molecule has 10 aromatic carbocycles. The Hall–Kier alpha value is -11.8. The normalized spacial score (nSPS) is 10.7. The van der Waals surface area contributed by atoms with Gasteiger partial charge in [-0.05, 0) is 174 Å². The Morgan fingerprint density at radius 2 is 0.772 bits per heavy atom. The van der Waals surface area contributed by atoms with E-state index in [0.29, 0.717) is 55.3 Å². The average Bonchev–Trinajstić information content (AvgIpc) is 1.50. The monoisotopic (exact) mass is 2510 g/mol. The molecule has 11 nitrogen and oxygen atoms in total. The van der Waals surface area contributed by atoms with Gasteiger partial charge in [-0.15, -0.1) is 202 Å². The van der Waals surface area contributed by atoms with E-state index in [1.54, 1.807) is 6.20 Å². The number of aliphatic hydroxyl groups is 2. The molecule has 0 unspecified atom stereocenters. The maximum Gasteiger partial charge on any atom is 0.159 e. The minimum Gasteiger partial charge on any atom is -0.512 e. The van der Waals surface area contributed by atoms with E-state index in [4.69, 9.17) is 9.40 Å². The van der Waals surface area contributed by atoms with Gasteiger partial charge >= 0.3 is 0 Å². The number of aryl methyl sites for hydroxylation is 7. The van der Waals surface area contributed by atoms with Crippen molar-refractivity contribution in [1.29, 1.82) is 0 Å². The molecular weight excluding hydrogens is 2390 g/mol. The number of aromatic nitrogens is 6. The summed E-state index contributed by atoms with van der Waals surface area (Å²) in [6.07, 6.45) is 15.3. The largest absolute Gasteiger partial charge is 0.512 e. The van der Waals surface area contributed by atoms with Crippen LogP contribution in [0.15, 0.2) is 344 Å². The molecule has 0 atom stereocenters. The van der Waals surface area contributed by atoms with Gasteiger partial charge in [0.15, 0.2) is 11.6 Å². The standard InChI is InChI=1S/C21H22N.C19H16N.C18H14N.C17H10NO.2C12H10N.2C11H20O2.4Ir/c1-14(2)10-17-6-5-7-21-19(17)8-9-20(22-21)18-12-15(3)11-16(4)13-18;1-14-10-15(2)12-18(11-14)17-8-9-20-19(13-17)16-6-4-3-5-7-16;1-14-7-9-15(10-8-14)17-11-12-19-18(13-17)16-5-3-2-4-6-16;1-2-7-16-13(5-1)14-11-12(8-9-17(14)19-16)15-6-3-4-10-18-15;2*1-10-7-8-12(13-9-10)11-5-3-2-4-6-11;2*1-8(2)5-10(12)7-11(13)6-9(3)4;;;;/h5-9,11-12,14H,10H2,1-4H3;3-6,8-13H,1-2H3;2-5,7-13H,1H3;1-7,9-11H;2*2-5,7-9H,1H3;2*7-9,12H,5-6H2,1-4H3;;;;/q6*-1;;;;;;. The van der Waals surface area contributed by atoms with Crippen molar-refractivity contribution in [3.8, 4) is 89.8 Å². The van der Waals surface area contributed by atoms with Crippen LogP contribution in [-0.4, -0.2) is 51.7 Å². The number of carbonyl (C=O) groups excluding carboxylic acids is 2. The van der Waals surface area contributed by atoms with Gasteiger partial charge in [0.05, 0.1) is 22.6 Å². The molecule has 0 amide bonds. The van der Waals surface area contributed by atoms with Gasteiger partial charge in [0, 0.05) is 160 Å². The molecule has 0 saturated carbocycles. The molecule has 15 heteroatoms. The van der Waals surface area contributed by atoms with E-state index in [2.05, 4.69) is 237 Å². The number of furan rings is 1. The third kappa shape index (κ3) is 38.0. The fourth-order valence-corrected chi connectivity index (χ4v) is 14.5. The number of nitrogens with zero attached hydrogens (tertiary/aromatic N) is 6. The number of hydrogen-bond donors (Lipinski definition) is 2. The SMILES string of the molecule is CC(C)CC(=O)C=C(O)CC(C)C.CC(C)CC(=O)C=C(O)CC(C)C.Cc1[c-]c(-c2ccc3c(CC(C)C)cccc3n2)cc(C)c1.Cc1cc(C)cc(-c2ccnc(-c3[c-]cccc3)c2)c1.Cc1ccc(-c2[c-]cccc2)nc1.Cc1ccc(-c2[c-]cccc2)nc1.Cc1ccc(-c2ccnc(-c3[c-]cccc3)c2)cc1.[Ir].[Ir].[Ir].[Ir].[c-]1cc2oc3ccccc3c2cc1-c1ccccn1. The summed E-state index contributed by atoms with van der Waals surface area (Å²) >= 11 is 0. The van der Waals surface area contributed by atoms with Crippen molar-refractivity contribution in [1.82, 2.24) is 29.9 Å². The van der Waals surface area contributed by atoms with Crippen LogP contribution >= 0.6 is 0 Å². The molecule has 0 aliphatic carbocycles. The van der Waals surface area contributed by atoms with Crippen molar-refractivity contribution in [2.24, 2.45) is 29.6 Å². The van der Waals surface area contributed by atoms with E-state index < -0.39 is 0 Å². The van der Waals surface area contributed by atoms with E-state index in [1.807, 2.05) is 252 Å². The number of aliphatic hydroxyl groups excluding tert-OH is 2. The fraction of sp³-hybridized carbons (Fsp3) is 0.223. The number of carbonyl (C=O) groups is 2. The van der Waals surface area contributed by atoms with Crippen LogP contribution in [0.4, 0.5) is 0 Å². The molecule has 0 aliphatic rings. The molecular formula is C121H122Ir4N6O5-6. The first-order valence-corrected chi connectivity index (χ1v) is 45.3. The molecule has 0 saturated heterocycles. The molecule has 4 radical (unpaired) electrons. The molecule has 2 N–H and O–H groups in total. The van der Waals surface area contributed by atoms with Crippen molar-refractivity contribution >= 4 is 44.4 Å². The van der Waals surface area contributed by atoms with E-state index in [9.17, 15) is 19.8 Å². The third-order valence-electron chi connectivity index (χ3n) is 20.5. The minimum atomic E-state index is 0. The quantitative estimate of drug-likeness (QED) is 0.0424. The molecule has 0 bridgehead atoms. The van der Waals surface area contributed by atoms with Crippen molar-refractivity contribution in [3.05, 3.63) is 421 Å². The summed E-state index contributed by atoms with van der Waals surface area (Å²) in [5, 5.41) is 22.2. The van der Waals surface area contributed by atoms with Gasteiger partial charge in [-0.25, -0.2) is 0 Å². The molecule has 7 heterocycles. The second-order valence-electron chi connectivity index (χ2n) is 35.2. The Bertz CT molecular complexity index is 6370. The Balaban J connectivity index is 0.000000240. The Morgan fingerprint density at radius 3 is 1.23 bits per heavy atom. The zero-order valence-corrected chi connectivity index (χ0v) is 90.3. The topological polar surface area (TPSA) is 165 Å². The Labute approximate surface area is 861 Å². The number of para-hydroxylation sites is 1. The predicted molar refractivity (Wildman–Crippen MR) is 548 cm³/mol. The van der Waals surface area contributed by atoms with E-state index in [0.717, 1.165) is 107 Å². The molecule has 0 fully saturated rings. The first kappa shape index (κ1) is 113. The molecule has 0 aliphatic heterocycles. The van der Waals surface area contributed by atoms with Crippen LogP contribution in [0.5, 0.6) is 0 Å². The Morgan fingerprint density at radius 1 is 0.324 bits per heavy atom. The molecule has 136 heavy (non-hydrogen) atoms. The maximum atomic E-state index is 11.2. The van der Waals surface area contributed by atoms with Crippen molar-refractivity contribution < 1.29 is 105 Å². The van der Waals surface area contributed by atoms with Crippen LogP contribution in [0.25, 0.3) is 123 Å². The number of benzene rings is 10. The second-order valence-corrected chi connectivity index (χ2v) is 35.2. The number of allylic oxidation sites excluding steroid dienone is 4. The van der Waals surface area contributed by atoms with Crippen LogP contribution in [0.1, 0.15) is 139 Å². The van der Waals surface area contributed by atoms with Gasteiger partial charge < -0.3 is 39.6 Å². The third-order valence-corrected chi connectivity index (χ3v) is 20.5. The number of rotatable bonds is 20. The van der Waals surface area contributed by atoms with Gasteiger partial charge in [0.1, 0.15) is 5.58 Å². The smallest absolute Gasteiger partial charge is 0.159 e. The molecule has 17 rings (SSSR count). The van der Waals surface area contributed by atoms with Gasteiger partial charge in [-0.3, -0.25) is 14.6 Å². The zero-order valence-electron chi connectivity index (χ0n) is 80.7. The fourth-order valence-electron chi connectivity index (χ4n) is 14.5. The summed E-state index contributed by atoms with van der Waals surface area (Å²) in [4.78, 5) is 49.1. The van der Waals surface area contributed by atoms with Crippen LogP contribution < -0.4 is 0 Å².